The van der Waals surface area contributed by atoms with E-state index in [1.165, 1.54) is 29.5 Å². The molecule has 2 rings (SSSR count). The fourth-order valence-electron chi connectivity index (χ4n) is 1.63. The molecule has 0 saturated carbocycles. The summed E-state index contributed by atoms with van der Waals surface area (Å²) in [6, 6.07) is 5.99. The summed E-state index contributed by atoms with van der Waals surface area (Å²) in [5.41, 5.74) is -0.627. The van der Waals surface area contributed by atoms with Crippen molar-refractivity contribution in [2.75, 3.05) is 0 Å². The first-order valence-electron chi connectivity index (χ1n) is 5.44. The Hall–Kier alpha value is -1.86. The second-order valence-corrected chi connectivity index (χ2v) is 5.72. The Morgan fingerprint density at radius 1 is 1.25 bits per heavy atom. The summed E-state index contributed by atoms with van der Waals surface area (Å²) in [5, 5.41) is 20.0. The summed E-state index contributed by atoms with van der Waals surface area (Å²) < 4.78 is 6.35. The summed E-state index contributed by atoms with van der Waals surface area (Å²) >= 11 is 4.77. The van der Waals surface area contributed by atoms with Crippen molar-refractivity contribution in [1.82, 2.24) is 0 Å². The van der Waals surface area contributed by atoms with Gasteiger partial charge in [0.1, 0.15) is 17.9 Å². The van der Waals surface area contributed by atoms with E-state index >= 15 is 0 Å². The molecule has 2 N–H and O–H groups in total. The molecule has 7 heteroatoms. The van der Waals surface area contributed by atoms with Crippen molar-refractivity contribution in [3.63, 3.8) is 0 Å². The lowest BCUT2D eigenvalue weighted by atomic mass is 10.1. The van der Waals surface area contributed by atoms with Crippen molar-refractivity contribution < 1.29 is 24.5 Å². The summed E-state index contributed by atoms with van der Waals surface area (Å²) in [6.45, 7) is 0.180. The van der Waals surface area contributed by atoms with E-state index in [4.69, 9.17) is 14.9 Å². The number of aromatic carboxylic acids is 2. The minimum atomic E-state index is -1.33. The van der Waals surface area contributed by atoms with Crippen molar-refractivity contribution in [3.05, 3.63) is 50.1 Å². The molecule has 1 aromatic carbocycles. The molecular formula is C13H9BrO5S. The Morgan fingerprint density at radius 3 is 2.55 bits per heavy atom. The van der Waals surface area contributed by atoms with Gasteiger partial charge in [-0.3, -0.25) is 0 Å². The van der Waals surface area contributed by atoms with Crippen LogP contribution in [0.2, 0.25) is 0 Å². The van der Waals surface area contributed by atoms with Crippen LogP contribution >= 0.6 is 27.3 Å². The minimum absolute atomic E-state index is 0.0434. The quantitative estimate of drug-likeness (QED) is 0.856. The molecule has 0 fully saturated rings. The number of carboxylic acids is 2. The molecule has 0 bridgehead atoms. The Morgan fingerprint density at radius 2 is 2.00 bits per heavy atom. The van der Waals surface area contributed by atoms with E-state index in [1.807, 2.05) is 11.4 Å². The SMILES string of the molecule is O=C(O)c1cccc(OCc2cc(Br)cs2)c1C(=O)O. The van der Waals surface area contributed by atoms with Gasteiger partial charge in [0, 0.05) is 14.7 Å². The van der Waals surface area contributed by atoms with E-state index in [1.54, 1.807) is 0 Å². The van der Waals surface area contributed by atoms with Crippen LogP contribution in [0.15, 0.2) is 34.1 Å². The maximum Gasteiger partial charge on any atom is 0.340 e. The molecule has 0 aliphatic carbocycles. The second-order valence-electron chi connectivity index (χ2n) is 3.81. The molecule has 0 aliphatic heterocycles. The highest BCUT2D eigenvalue weighted by Gasteiger charge is 2.21. The lowest BCUT2D eigenvalue weighted by Gasteiger charge is -2.10. The third kappa shape index (κ3) is 3.17. The number of hydrogen-bond donors (Lipinski definition) is 2. The number of thiophene rings is 1. The van der Waals surface area contributed by atoms with Crippen molar-refractivity contribution >= 4 is 39.2 Å². The Balaban J connectivity index is 2.29. The zero-order valence-electron chi connectivity index (χ0n) is 10.00. The van der Waals surface area contributed by atoms with Crippen LogP contribution in [0.25, 0.3) is 0 Å². The summed E-state index contributed by atoms with van der Waals surface area (Å²) in [6.07, 6.45) is 0. The number of benzene rings is 1. The van der Waals surface area contributed by atoms with Gasteiger partial charge in [0.25, 0.3) is 0 Å². The van der Waals surface area contributed by atoms with E-state index in [0.29, 0.717) is 0 Å². The number of halogens is 1. The van der Waals surface area contributed by atoms with Crippen LogP contribution in [0.3, 0.4) is 0 Å². The summed E-state index contributed by atoms with van der Waals surface area (Å²) in [5.74, 6) is -2.58. The molecule has 104 valence electrons. The highest BCUT2D eigenvalue weighted by atomic mass is 79.9. The van der Waals surface area contributed by atoms with Gasteiger partial charge in [-0.25, -0.2) is 9.59 Å². The van der Waals surface area contributed by atoms with Crippen molar-refractivity contribution in [2.24, 2.45) is 0 Å². The molecule has 5 nitrogen and oxygen atoms in total. The molecular weight excluding hydrogens is 348 g/mol. The van der Waals surface area contributed by atoms with E-state index < -0.39 is 11.9 Å². The lowest BCUT2D eigenvalue weighted by Crippen LogP contribution is -2.10. The monoisotopic (exact) mass is 356 g/mol. The van der Waals surface area contributed by atoms with Crippen LogP contribution in [-0.2, 0) is 6.61 Å². The van der Waals surface area contributed by atoms with E-state index in [-0.39, 0.29) is 23.5 Å². The highest BCUT2D eigenvalue weighted by molar-refractivity contribution is 9.10. The van der Waals surface area contributed by atoms with E-state index in [9.17, 15) is 9.59 Å². The van der Waals surface area contributed by atoms with Crippen molar-refractivity contribution in [3.8, 4) is 5.75 Å². The number of ether oxygens (including phenoxy) is 1. The lowest BCUT2D eigenvalue weighted by molar-refractivity contribution is 0.0647. The minimum Gasteiger partial charge on any atom is -0.487 e. The first-order chi connectivity index (χ1) is 9.49. The van der Waals surface area contributed by atoms with Gasteiger partial charge < -0.3 is 14.9 Å². The van der Waals surface area contributed by atoms with Crippen LogP contribution in [0, 0.1) is 0 Å². The highest BCUT2D eigenvalue weighted by Crippen LogP contribution is 2.26. The fourth-order valence-corrected chi connectivity index (χ4v) is 2.99. The summed E-state index contributed by atoms with van der Waals surface area (Å²) in [4.78, 5) is 23.1. The molecule has 0 atom stereocenters. The average molecular weight is 357 g/mol. The molecule has 20 heavy (non-hydrogen) atoms. The van der Waals surface area contributed by atoms with Crippen molar-refractivity contribution in [2.45, 2.75) is 6.61 Å². The van der Waals surface area contributed by atoms with E-state index in [0.717, 1.165) is 9.35 Å². The van der Waals surface area contributed by atoms with Gasteiger partial charge in [0.15, 0.2) is 0 Å². The fraction of sp³-hybridized carbons (Fsp3) is 0.0769. The topological polar surface area (TPSA) is 83.8 Å². The largest absolute Gasteiger partial charge is 0.487 e. The molecule has 1 heterocycles. The van der Waals surface area contributed by atoms with Crippen LogP contribution in [0.1, 0.15) is 25.6 Å². The van der Waals surface area contributed by atoms with Gasteiger partial charge >= 0.3 is 11.9 Å². The predicted octanol–water partition coefficient (Wildman–Crippen LogP) is 3.49. The van der Waals surface area contributed by atoms with Gasteiger partial charge in [-0.2, -0.15) is 0 Å². The average Bonchev–Trinajstić information content (AvgIpc) is 2.81. The van der Waals surface area contributed by atoms with E-state index in [2.05, 4.69) is 15.9 Å². The summed E-state index contributed by atoms with van der Waals surface area (Å²) in [7, 11) is 0. The van der Waals surface area contributed by atoms with Gasteiger partial charge in [0.05, 0.1) is 5.56 Å². The van der Waals surface area contributed by atoms with Gasteiger partial charge in [-0.1, -0.05) is 6.07 Å². The number of rotatable bonds is 5. The molecule has 2 aromatic rings. The number of hydrogen-bond acceptors (Lipinski definition) is 4. The van der Waals surface area contributed by atoms with Gasteiger partial charge in [0.2, 0.25) is 0 Å². The molecule has 1 aromatic heterocycles. The first kappa shape index (κ1) is 14.5. The first-order valence-corrected chi connectivity index (χ1v) is 7.11. The second kappa shape index (κ2) is 6.06. The molecule has 0 radical (unpaired) electrons. The Bertz CT molecular complexity index is 665. The number of carboxylic acid groups (broad SMARTS) is 2. The molecule has 0 saturated heterocycles. The third-order valence-corrected chi connectivity index (χ3v) is 4.13. The van der Waals surface area contributed by atoms with Crippen LogP contribution in [0.4, 0.5) is 0 Å². The van der Waals surface area contributed by atoms with Gasteiger partial charge in [-0.05, 0) is 34.1 Å². The molecule has 0 spiro atoms. The molecule has 0 unspecified atom stereocenters. The Labute approximate surface area is 126 Å². The Kier molecular flexibility index (Phi) is 4.41. The van der Waals surface area contributed by atoms with Crippen LogP contribution in [0.5, 0.6) is 5.75 Å². The maximum absolute atomic E-state index is 11.2. The third-order valence-electron chi connectivity index (χ3n) is 2.46. The normalized spacial score (nSPS) is 10.2. The predicted molar refractivity (Wildman–Crippen MR) is 76.7 cm³/mol. The number of carbonyl (C=O) groups is 2. The maximum atomic E-state index is 11.2. The van der Waals surface area contributed by atoms with Crippen molar-refractivity contribution in [1.29, 1.82) is 0 Å². The molecule has 0 amide bonds. The van der Waals surface area contributed by atoms with Gasteiger partial charge in [-0.15, -0.1) is 11.3 Å². The zero-order chi connectivity index (χ0) is 14.7. The molecule has 0 aliphatic rings. The smallest absolute Gasteiger partial charge is 0.340 e. The van der Waals surface area contributed by atoms with Crippen LogP contribution < -0.4 is 4.74 Å². The van der Waals surface area contributed by atoms with Crippen LogP contribution in [-0.4, -0.2) is 22.2 Å². The zero-order valence-corrected chi connectivity index (χ0v) is 12.4. The standard InChI is InChI=1S/C13H9BrO5S/c14-7-4-8(20-6-7)5-19-10-3-1-2-9(12(15)16)11(10)13(17)18/h1-4,6H,5H2,(H,15,16)(H,17,18).